The number of hydrogen-bond donors (Lipinski definition) is 2. The molecule has 0 unspecified atom stereocenters. The molecular formula is C15H18N2O2. The van der Waals surface area contributed by atoms with E-state index in [-0.39, 0.29) is 0 Å². The Morgan fingerprint density at radius 1 is 0.947 bits per heavy atom. The highest BCUT2D eigenvalue weighted by Gasteiger charge is 2.07. The summed E-state index contributed by atoms with van der Waals surface area (Å²) in [6, 6.07) is 11.5. The molecule has 0 aliphatic rings. The molecule has 0 bridgehead atoms. The summed E-state index contributed by atoms with van der Waals surface area (Å²) >= 11 is 0. The fourth-order valence-corrected chi connectivity index (χ4v) is 1.84. The smallest absolute Gasteiger partial charge is 0.145 e. The zero-order valence-electron chi connectivity index (χ0n) is 11.4. The quantitative estimate of drug-likeness (QED) is 0.826. The first-order valence-corrected chi connectivity index (χ1v) is 5.99. The van der Waals surface area contributed by atoms with Crippen LogP contribution in [0.3, 0.4) is 0 Å². The van der Waals surface area contributed by atoms with Crippen LogP contribution in [-0.4, -0.2) is 14.2 Å². The van der Waals surface area contributed by atoms with Crippen LogP contribution in [0.25, 0.3) is 0 Å². The third kappa shape index (κ3) is 2.91. The number of rotatable bonds is 4. The second kappa shape index (κ2) is 5.52. The molecule has 4 heteroatoms. The van der Waals surface area contributed by atoms with Gasteiger partial charge in [0.25, 0.3) is 0 Å². The summed E-state index contributed by atoms with van der Waals surface area (Å²) in [4.78, 5) is 0. The molecule has 0 aromatic heterocycles. The average molecular weight is 258 g/mol. The van der Waals surface area contributed by atoms with Gasteiger partial charge in [0, 0.05) is 6.07 Å². The summed E-state index contributed by atoms with van der Waals surface area (Å²) in [6.07, 6.45) is 0. The van der Waals surface area contributed by atoms with Gasteiger partial charge in [-0.2, -0.15) is 0 Å². The van der Waals surface area contributed by atoms with Gasteiger partial charge < -0.3 is 20.5 Å². The molecule has 4 nitrogen and oxygen atoms in total. The third-order valence-corrected chi connectivity index (χ3v) is 2.89. The summed E-state index contributed by atoms with van der Waals surface area (Å²) in [5.41, 5.74) is 9.53. The molecular weight excluding hydrogens is 240 g/mol. The number of anilines is 3. The lowest BCUT2D eigenvalue weighted by molar-refractivity contribution is 0.395. The van der Waals surface area contributed by atoms with Gasteiger partial charge in [-0.15, -0.1) is 0 Å². The Bertz CT molecular complexity index is 582. The van der Waals surface area contributed by atoms with Crippen molar-refractivity contribution in [1.82, 2.24) is 0 Å². The van der Waals surface area contributed by atoms with Gasteiger partial charge >= 0.3 is 0 Å². The number of nitrogen functional groups attached to an aromatic ring is 1. The first kappa shape index (κ1) is 13.1. The van der Waals surface area contributed by atoms with Crippen LogP contribution in [0, 0.1) is 6.92 Å². The van der Waals surface area contributed by atoms with E-state index in [1.807, 2.05) is 43.3 Å². The first-order chi connectivity index (χ1) is 9.13. The molecule has 0 atom stereocenters. The Hall–Kier alpha value is -2.36. The summed E-state index contributed by atoms with van der Waals surface area (Å²) in [5.74, 6) is 1.46. The van der Waals surface area contributed by atoms with Crippen molar-refractivity contribution >= 4 is 17.1 Å². The number of methoxy groups -OCH3 is 2. The van der Waals surface area contributed by atoms with Gasteiger partial charge in [-0.1, -0.05) is 6.07 Å². The molecule has 0 radical (unpaired) electrons. The van der Waals surface area contributed by atoms with Crippen LogP contribution < -0.4 is 20.5 Å². The molecule has 0 saturated heterocycles. The van der Waals surface area contributed by atoms with Crippen molar-refractivity contribution in [3.8, 4) is 11.5 Å². The lowest BCUT2D eigenvalue weighted by Gasteiger charge is -2.14. The van der Waals surface area contributed by atoms with Crippen LogP contribution >= 0.6 is 0 Å². The maximum absolute atomic E-state index is 5.99. The summed E-state index contributed by atoms with van der Waals surface area (Å²) < 4.78 is 10.5. The number of benzene rings is 2. The van der Waals surface area contributed by atoms with Crippen LogP contribution in [-0.2, 0) is 0 Å². The molecule has 19 heavy (non-hydrogen) atoms. The predicted octanol–water partition coefficient (Wildman–Crippen LogP) is 3.34. The van der Waals surface area contributed by atoms with Gasteiger partial charge in [-0.05, 0) is 36.8 Å². The van der Waals surface area contributed by atoms with Crippen LogP contribution in [0.15, 0.2) is 36.4 Å². The van der Waals surface area contributed by atoms with Crippen molar-refractivity contribution in [2.75, 3.05) is 25.3 Å². The molecule has 0 spiro atoms. The third-order valence-electron chi connectivity index (χ3n) is 2.89. The highest BCUT2D eigenvalue weighted by atomic mass is 16.5. The first-order valence-electron chi connectivity index (χ1n) is 5.99. The highest BCUT2D eigenvalue weighted by molar-refractivity contribution is 5.76. The summed E-state index contributed by atoms with van der Waals surface area (Å²) in [5, 5.41) is 3.26. The highest BCUT2D eigenvalue weighted by Crippen LogP contribution is 2.33. The topological polar surface area (TPSA) is 56.5 Å². The normalized spacial score (nSPS) is 10.1. The van der Waals surface area contributed by atoms with Crippen LogP contribution in [0.2, 0.25) is 0 Å². The van der Waals surface area contributed by atoms with E-state index >= 15 is 0 Å². The van der Waals surface area contributed by atoms with Gasteiger partial charge in [0.2, 0.25) is 0 Å². The monoisotopic (exact) mass is 258 g/mol. The van der Waals surface area contributed by atoms with Gasteiger partial charge in [0.05, 0.1) is 31.3 Å². The van der Waals surface area contributed by atoms with E-state index in [4.69, 9.17) is 15.2 Å². The van der Waals surface area contributed by atoms with E-state index in [1.54, 1.807) is 14.2 Å². The number of nitrogens with two attached hydrogens (primary N) is 1. The van der Waals surface area contributed by atoms with Crippen molar-refractivity contribution in [1.29, 1.82) is 0 Å². The van der Waals surface area contributed by atoms with E-state index in [0.717, 1.165) is 22.7 Å². The molecule has 0 fully saturated rings. The molecule has 0 saturated carbocycles. The minimum atomic E-state index is 0.706. The Labute approximate surface area is 113 Å². The second-order valence-electron chi connectivity index (χ2n) is 4.28. The fraction of sp³-hybridized carbons (Fsp3) is 0.200. The molecule has 2 aromatic rings. The predicted molar refractivity (Wildman–Crippen MR) is 78.4 cm³/mol. The Morgan fingerprint density at radius 2 is 1.68 bits per heavy atom. The lowest BCUT2D eigenvalue weighted by Crippen LogP contribution is -1.99. The molecule has 0 amide bonds. The number of hydrogen-bond acceptors (Lipinski definition) is 4. The van der Waals surface area contributed by atoms with Crippen molar-refractivity contribution in [3.05, 3.63) is 42.0 Å². The number of ether oxygens (including phenoxy) is 2. The number of nitrogens with one attached hydrogen (secondary N) is 1. The van der Waals surface area contributed by atoms with Gasteiger partial charge in [-0.25, -0.2) is 0 Å². The maximum atomic E-state index is 5.99. The SMILES string of the molecule is COc1ccc(Nc2ccc(C)cc2N)c(OC)c1. The van der Waals surface area contributed by atoms with Gasteiger partial charge in [0.15, 0.2) is 0 Å². The van der Waals surface area contributed by atoms with Crippen molar-refractivity contribution in [2.45, 2.75) is 6.92 Å². The molecule has 0 aliphatic carbocycles. The van der Waals surface area contributed by atoms with E-state index < -0.39 is 0 Å². The Kier molecular flexibility index (Phi) is 3.80. The molecule has 0 heterocycles. The molecule has 3 N–H and O–H groups in total. The van der Waals surface area contributed by atoms with E-state index in [9.17, 15) is 0 Å². The van der Waals surface area contributed by atoms with E-state index in [1.165, 1.54) is 0 Å². The van der Waals surface area contributed by atoms with E-state index in [0.29, 0.717) is 11.4 Å². The fourth-order valence-electron chi connectivity index (χ4n) is 1.84. The Balaban J connectivity index is 2.32. The van der Waals surface area contributed by atoms with Gasteiger partial charge in [0.1, 0.15) is 11.5 Å². The largest absolute Gasteiger partial charge is 0.497 e. The van der Waals surface area contributed by atoms with Crippen molar-refractivity contribution < 1.29 is 9.47 Å². The standard InChI is InChI=1S/C15H18N2O2/c1-10-4-6-13(12(16)8-10)17-14-7-5-11(18-2)9-15(14)19-3/h4-9,17H,16H2,1-3H3. The maximum Gasteiger partial charge on any atom is 0.145 e. The lowest BCUT2D eigenvalue weighted by atomic mass is 10.2. The number of aryl methyl sites for hydroxylation is 1. The minimum absolute atomic E-state index is 0.706. The Morgan fingerprint density at radius 3 is 2.32 bits per heavy atom. The summed E-state index contributed by atoms with van der Waals surface area (Å²) in [6.45, 7) is 2.01. The van der Waals surface area contributed by atoms with Crippen molar-refractivity contribution in [2.24, 2.45) is 0 Å². The molecule has 2 aromatic carbocycles. The molecule has 2 rings (SSSR count). The zero-order valence-corrected chi connectivity index (χ0v) is 11.4. The van der Waals surface area contributed by atoms with E-state index in [2.05, 4.69) is 5.32 Å². The van der Waals surface area contributed by atoms with Crippen LogP contribution in [0.5, 0.6) is 11.5 Å². The molecule has 0 aliphatic heterocycles. The second-order valence-corrected chi connectivity index (χ2v) is 4.28. The average Bonchev–Trinajstić information content (AvgIpc) is 2.42. The minimum Gasteiger partial charge on any atom is -0.497 e. The summed E-state index contributed by atoms with van der Waals surface area (Å²) in [7, 11) is 3.25. The van der Waals surface area contributed by atoms with Crippen LogP contribution in [0.1, 0.15) is 5.56 Å². The van der Waals surface area contributed by atoms with Gasteiger partial charge in [-0.3, -0.25) is 0 Å². The van der Waals surface area contributed by atoms with Crippen molar-refractivity contribution in [3.63, 3.8) is 0 Å². The molecule has 100 valence electrons. The zero-order chi connectivity index (χ0) is 13.8. The van der Waals surface area contributed by atoms with Crippen LogP contribution in [0.4, 0.5) is 17.1 Å².